The maximum Gasteiger partial charge on any atom is 0.0274 e. The van der Waals surface area contributed by atoms with Gasteiger partial charge in [0.25, 0.3) is 0 Å². The van der Waals surface area contributed by atoms with Gasteiger partial charge in [-0.3, -0.25) is 4.90 Å². The number of nitrogens with one attached hydrogen (secondary N) is 1. The Morgan fingerprint density at radius 3 is 2.35 bits per heavy atom. The van der Waals surface area contributed by atoms with Crippen molar-refractivity contribution in [1.29, 1.82) is 0 Å². The Hall–Kier alpha value is -0.120. The first kappa shape index (κ1) is 17.9. The summed E-state index contributed by atoms with van der Waals surface area (Å²) >= 11 is 0. The zero-order valence-corrected chi connectivity index (χ0v) is 14.9. The summed E-state index contributed by atoms with van der Waals surface area (Å²) in [6, 6.07) is 1.33. The normalized spacial score (nSPS) is 26.1. The predicted octanol–water partition coefficient (Wildman–Crippen LogP) is 2.67. The quantitative estimate of drug-likeness (QED) is 0.739. The Kier molecular flexibility index (Phi) is 6.96. The van der Waals surface area contributed by atoms with E-state index in [0.717, 1.165) is 19.0 Å². The molecule has 0 radical (unpaired) electrons. The van der Waals surface area contributed by atoms with Crippen LogP contribution in [-0.2, 0) is 0 Å². The van der Waals surface area contributed by atoms with E-state index in [1.807, 2.05) is 0 Å². The standard InChI is InChI=1S/C17H37N3/c1-8-18-16-15(9-10-17(16,4)5)20(13-14(2)3)12-11-19(6)7/h14-16,18H,8-13H2,1-7H3. The Balaban J connectivity index is 2.77. The van der Waals surface area contributed by atoms with E-state index in [4.69, 9.17) is 0 Å². The second kappa shape index (κ2) is 7.77. The van der Waals surface area contributed by atoms with E-state index in [1.54, 1.807) is 0 Å². The number of rotatable bonds is 8. The number of hydrogen-bond donors (Lipinski definition) is 1. The van der Waals surface area contributed by atoms with Crippen LogP contribution in [0, 0.1) is 11.3 Å². The van der Waals surface area contributed by atoms with Gasteiger partial charge in [0.2, 0.25) is 0 Å². The SMILES string of the molecule is CCNC1C(N(CCN(C)C)CC(C)C)CCC1(C)C. The maximum absolute atomic E-state index is 3.77. The fourth-order valence-corrected chi connectivity index (χ4v) is 3.58. The van der Waals surface area contributed by atoms with Crippen LogP contribution in [0.3, 0.4) is 0 Å². The highest BCUT2D eigenvalue weighted by molar-refractivity contribution is 5.01. The van der Waals surface area contributed by atoms with E-state index in [1.165, 1.54) is 25.9 Å². The summed E-state index contributed by atoms with van der Waals surface area (Å²) in [5.74, 6) is 0.739. The molecule has 0 aromatic carbocycles. The third kappa shape index (κ3) is 5.01. The van der Waals surface area contributed by atoms with Crippen LogP contribution in [0.4, 0.5) is 0 Å². The Labute approximate surface area is 127 Å². The van der Waals surface area contributed by atoms with E-state index in [0.29, 0.717) is 17.5 Å². The summed E-state index contributed by atoms with van der Waals surface area (Å²) in [4.78, 5) is 5.04. The molecular formula is C17H37N3. The topological polar surface area (TPSA) is 18.5 Å². The lowest BCUT2D eigenvalue weighted by Gasteiger charge is -2.39. The van der Waals surface area contributed by atoms with Gasteiger partial charge in [0.1, 0.15) is 0 Å². The molecule has 0 aliphatic heterocycles. The largest absolute Gasteiger partial charge is 0.312 e. The van der Waals surface area contributed by atoms with E-state index in [2.05, 4.69) is 63.8 Å². The molecule has 2 unspecified atom stereocenters. The van der Waals surface area contributed by atoms with Gasteiger partial charge in [-0.25, -0.2) is 0 Å². The number of likely N-dealkylation sites (N-methyl/N-ethyl adjacent to an activating group) is 2. The molecule has 0 heterocycles. The molecule has 1 N–H and O–H groups in total. The molecule has 3 heteroatoms. The van der Waals surface area contributed by atoms with Crippen molar-refractivity contribution in [2.75, 3.05) is 40.3 Å². The molecule has 1 saturated carbocycles. The first-order valence-corrected chi connectivity index (χ1v) is 8.40. The molecule has 3 nitrogen and oxygen atoms in total. The van der Waals surface area contributed by atoms with Gasteiger partial charge in [0, 0.05) is 31.7 Å². The Morgan fingerprint density at radius 1 is 1.20 bits per heavy atom. The Bertz CT molecular complexity index is 273. The maximum atomic E-state index is 3.77. The van der Waals surface area contributed by atoms with E-state index >= 15 is 0 Å². The molecule has 20 heavy (non-hydrogen) atoms. The predicted molar refractivity (Wildman–Crippen MR) is 89.2 cm³/mol. The first-order valence-electron chi connectivity index (χ1n) is 8.40. The molecule has 0 aromatic rings. The fourth-order valence-electron chi connectivity index (χ4n) is 3.58. The second-order valence-corrected chi connectivity index (χ2v) is 7.82. The molecular weight excluding hydrogens is 246 g/mol. The van der Waals surface area contributed by atoms with Crippen LogP contribution in [0.1, 0.15) is 47.5 Å². The number of hydrogen-bond acceptors (Lipinski definition) is 3. The van der Waals surface area contributed by atoms with Gasteiger partial charge in [-0.05, 0) is 44.8 Å². The summed E-state index contributed by atoms with van der Waals surface area (Å²) in [7, 11) is 4.35. The lowest BCUT2D eigenvalue weighted by Crippen LogP contribution is -2.53. The van der Waals surface area contributed by atoms with Crippen molar-refractivity contribution in [2.24, 2.45) is 11.3 Å². The minimum atomic E-state index is 0.425. The van der Waals surface area contributed by atoms with E-state index in [9.17, 15) is 0 Å². The highest BCUT2D eigenvalue weighted by Gasteiger charge is 2.43. The van der Waals surface area contributed by atoms with Crippen molar-refractivity contribution in [1.82, 2.24) is 15.1 Å². The second-order valence-electron chi connectivity index (χ2n) is 7.82. The summed E-state index contributed by atoms with van der Waals surface area (Å²) in [5.41, 5.74) is 0.425. The highest BCUT2D eigenvalue weighted by Crippen LogP contribution is 2.40. The van der Waals surface area contributed by atoms with E-state index < -0.39 is 0 Å². The molecule has 120 valence electrons. The molecule has 1 aliphatic rings. The molecule has 1 aliphatic carbocycles. The third-order valence-corrected chi connectivity index (χ3v) is 4.64. The lowest BCUT2D eigenvalue weighted by atomic mass is 9.86. The molecule has 0 bridgehead atoms. The van der Waals surface area contributed by atoms with Crippen molar-refractivity contribution in [3.8, 4) is 0 Å². The molecule has 0 amide bonds. The van der Waals surface area contributed by atoms with Gasteiger partial charge in [0.05, 0.1) is 0 Å². The van der Waals surface area contributed by atoms with Crippen LogP contribution in [-0.4, -0.2) is 62.2 Å². The zero-order chi connectivity index (χ0) is 15.3. The molecule has 0 spiro atoms. The van der Waals surface area contributed by atoms with Crippen LogP contribution in [0.2, 0.25) is 0 Å². The smallest absolute Gasteiger partial charge is 0.0274 e. The van der Waals surface area contributed by atoms with E-state index in [-0.39, 0.29) is 0 Å². The molecule has 0 saturated heterocycles. The van der Waals surface area contributed by atoms with Gasteiger partial charge >= 0.3 is 0 Å². The fraction of sp³-hybridized carbons (Fsp3) is 1.00. The average molecular weight is 284 g/mol. The molecule has 2 atom stereocenters. The zero-order valence-electron chi connectivity index (χ0n) is 14.9. The van der Waals surface area contributed by atoms with Gasteiger partial charge in [-0.2, -0.15) is 0 Å². The van der Waals surface area contributed by atoms with Crippen molar-refractivity contribution in [2.45, 2.75) is 59.5 Å². The highest BCUT2D eigenvalue weighted by atomic mass is 15.2. The molecule has 1 rings (SSSR count). The first-order chi connectivity index (χ1) is 9.27. The van der Waals surface area contributed by atoms with Crippen molar-refractivity contribution in [3.63, 3.8) is 0 Å². The van der Waals surface area contributed by atoms with Crippen molar-refractivity contribution < 1.29 is 0 Å². The molecule has 1 fully saturated rings. The van der Waals surface area contributed by atoms with Crippen molar-refractivity contribution in [3.05, 3.63) is 0 Å². The Morgan fingerprint density at radius 2 is 1.85 bits per heavy atom. The molecule has 0 aromatic heterocycles. The minimum absolute atomic E-state index is 0.425. The van der Waals surface area contributed by atoms with Crippen LogP contribution in [0.25, 0.3) is 0 Å². The number of nitrogens with zero attached hydrogens (tertiary/aromatic N) is 2. The van der Waals surface area contributed by atoms with Crippen LogP contribution < -0.4 is 5.32 Å². The summed E-state index contributed by atoms with van der Waals surface area (Å²) < 4.78 is 0. The summed E-state index contributed by atoms with van der Waals surface area (Å²) in [6.07, 6.45) is 2.68. The van der Waals surface area contributed by atoms with Crippen LogP contribution >= 0.6 is 0 Å². The van der Waals surface area contributed by atoms with Crippen molar-refractivity contribution >= 4 is 0 Å². The minimum Gasteiger partial charge on any atom is -0.312 e. The van der Waals surface area contributed by atoms with Gasteiger partial charge in [0.15, 0.2) is 0 Å². The average Bonchev–Trinajstić information content (AvgIpc) is 2.61. The lowest BCUT2D eigenvalue weighted by molar-refractivity contribution is 0.122. The van der Waals surface area contributed by atoms with Gasteiger partial charge in [-0.1, -0.05) is 34.6 Å². The van der Waals surface area contributed by atoms with Gasteiger partial charge < -0.3 is 10.2 Å². The third-order valence-electron chi connectivity index (χ3n) is 4.64. The summed E-state index contributed by atoms with van der Waals surface area (Å²) in [5, 5.41) is 3.77. The van der Waals surface area contributed by atoms with Crippen LogP contribution in [0.5, 0.6) is 0 Å². The summed E-state index contributed by atoms with van der Waals surface area (Å²) in [6.45, 7) is 16.4. The van der Waals surface area contributed by atoms with Gasteiger partial charge in [-0.15, -0.1) is 0 Å². The van der Waals surface area contributed by atoms with Crippen LogP contribution in [0.15, 0.2) is 0 Å². The monoisotopic (exact) mass is 283 g/mol.